The number of esters is 1. The van der Waals surface area contributed by atoms with Crippen LogP contribution in [0.25, 0.3) is 0 Å². The summed E-state index contributed by atoms with van der Waals surface area (Å²) in [6.07, 6.45) is 57.4. The van der Waals surface area contributed by atoms with Gasteiger partial charge in [0.25, 0.3) is 0 Å². The van der Waals surface area contributed by atoms with Crippen LogP contribution in [-0.2, 0) is 14.3 Å². The van der Waals surface area contributed by atoms with E-state index >= 15 is 0 Å². The fourth-order valence-corrected chi connectivity index (χ4v) is 7.71. The normalized spacial score (nSPS) is 13.6. The molecule has 0 aliphatic rings. The van der Waals surface area contributed by atoms with Crippen LogP contribution in [0.15, 0.2) is 48.6 Å². The second-order valence-electron chi connectivity index (χ2n) is 17.6. The maximum absolute atomic E-state index is 13.2. The molecule has 0 rings (SSSR count). The monoisotopic (exact) mass is 842 g/mol. The van der Waals surface area contributed by atoms with Crippen molar-refractivity contribution in [2.75, 3.05) is 6.61 Å². The Hall–Kier alpha value is -2.18. The van der Waals surface area contributed by atoms with E-state index in [4.69, 9.17) is 4.74 Å². The van der Waals surface area contributed by atoms with E-state index in [9.17, 15) is 19.8 Å². The van der Waals surface area contributed by atoms with Gasteiger partial charge in [0.15, 0.2) is 0 Å². The van der Waals surface area contributed by atoms with Crippen molar-refractivity contribution in [1.29, 1.82) is 0 Å². The Morgan fingerprint density at radius 3 is 1.30 bits per heavy atom. The van der Waals surface area contributed by atoms with E-state index in [1.54, 1.807) is 0 Å². The van der Waals surface area contributed by atoms with Gasteiger partial charge in [-0.2, -0.15) is 0 Å². The molecular formula is C54H99NO5. The predicted molar refractivity (Wildman–Crippen MR) is 259 cm³/mol. The molecule has 0 radical (unpaired) electrons. The molecule has 0 aliphatic carbocycles. The van der Waals surface area contributed by atoms with Gasteiger partial charge in [-0.3, -0.25) is 9.59 Å². The minimum absolute atomic E-state index is 0.0665. The molecule has 0 bridgehead atoms. The summed E-state index contributed by atoms with van der Waals surface area (Å²) in [7, 11) is 0. The van der Waals surface area contributed by atoms with Gasteiger partial charge in [0.2, 0.25) is 5.91 Å². The largest absolute Gasteiger partial charge is 0.462 e. The van der Waals surface area contributed by atoms with Gasteiger partial charge in [0.1, 0.15) is 6.10 Å². The van der Waals surface area contributed by atoms with Gasteiger partial charge in [0.05, 0.1) is 25.2 Å². The van der Waals surface area contributed by atoms with Crippen LogP contribution in [0.3, 0.4) is 0 Å². The first-order valence-electron chi connectivity index (χ1n) is 25.9. The number of allylic oxidation sites excluding steroid dienone is 8. The van der Waals surface area contributed by atoms with E-state index in [1.165, 1.54) is 128 Å². The van der Waals surface area contributed by atoms with Crippen LogP contribution in [-0.4, -0.2) is 46.9 Å². The number of aliphatic hydroxyl groups is 2. The van der Waals surface area contributed by atoms with Crippen LogP contribution in [0, 0.1) is 0 Å². The lowest BCUT2D eigenvalue weighted by Gasteiger charge is -2.24. The zero-order valence-corrected chi connectivity index (χ0v) is 39.8. The molecule has 60 heavy (non-hydrogen) atoms. The average Bonchev–Trinajstić information content (AvgIpc) is 3.24. The summed E-state index contributed by atoms with van der Waals surface area (Å²) < 4.78 is 5.91. The standard InChI is InChI=1S/C54H99NO5/c1-4-7-10-13-16-19-22-24-25-26-27-28-29-30-32-35-38-41-44-47-54(59)60-50(45-42-39-36-33-21-18-15-12-9-6-3)48-53(58)55-51(49-56)52(57)46-43-40-37-34-31-23-20-17-14-11-8-5-2/h16,19,24-25,27-28,30,32,50-52,56-57H,4-15,17-18,20-23,26,29,31,33-49H2,1-3H3,(H,55,58)/b19-16-,25-24-,28-27-,32-30-. The molecule has 3 atom stereocenters. The van der Waals surface area contributed by atoms with E-state index in [2.05, 4.69) is 74.7 Å². The number of carbonyl (C=O) groups is 2. The Bertz CT molecular complexity index is 1040. The third-order valence-corrected chi connectivity index (χ3v) is 11.7. The molecule has 0 fully saturated rings. The molecule has 0 spiro atoms. The van der Waals surface area contributed by atoms with Gasteiger partial charge < -0.3 is 20.3 Å². The van der Waals surface area contributed by atoms with E-state index in [-0.39, 0.29) is 24.9 Å². The van der Waals surface area contributed by atoms with Crippen LogP contribution in [0.2, 0.25) is 0 Å². The predicted octanol–water partition coefficient (Wildman–Crippen LogP) is 15.5. The Balaban J connectivity index is 4.54. The molecule has 3 N–H and O–H groups in total. The third-order valence-electron chi connectivity index (χ3n) is 11.7. The smallest absolute Gasteiger partial charge is 0.306 e. The van der Waals surface area contributed by atoms with Crippen LogP contribution >= 0.6 is 0 Å². The fourth-order valence-electron chi connectivity index (χ4n) is 7.71. The summed E-state index contributed by atoms with van der Waals surface area (Å²) in [5.41, 5.74) is 0. The van der Waals surface area contributed by atoms with E-state index in [0.717, 1.165) is 83.5 Å². The zero-order valence-electron chi connectivity index (χ0n) is 39.8. The van der Waals surface area contributed by atoms with Crippen LogP contribution in [0.5, 0.6) is 0 Å². The molecule has 350 valence electrons. The minimum atomic E-state index is -0.791. The summed E-state index contributed by atoms with van der Waals surface area (Å²) in [5, 5.41) is 23.7. The minimum Gasteiger partial charge on any atom is -0.462 e. The Morgan fingerprint density at radius 2 is 0.850 bits per heavy atom. The van der Waals surface area contributed by atoms with Crippen molar-refractivity contribution in [2.24, 2.45) is 0 Å². The van der Waals surface area contributed by atoms with Gasteiger partial charge in [-0.25, -0.2) is 0 Å². The molecular weight excluding hydrogens is 743 g/mol. The van der Waals surface area contributed by atoms with E-state index in [0.29, 0.717) is 19.3 Å². The third kappa shape index (κ3) is 42.5. The molecule has 1 amide bonds. The number of ether oxygens (including phenoxy) is 1. The lowest BCUT2D eigenvalue weighted by molar-refractivity contribution is -0.151. The molecule has 6 nitrogen and oxygen atoms in total. The van der Waals surface area contributed by atoms with Crippen LogP contribution in [0.4, 0.5) is 0 Å². The number of hydrogen-bond acceptors (Lipinski definition) is 5. The summed E-state index contributed by atoms with van der Waals surface area (Å²) in [4.78, 5) is 26.1. The number of aliphatic hydroxyl groups excluding tert-OH is 2. The molecule has 0 aromatic rings. The molecule has 0 aromatic heterocycles. The topological polar surface area (TPSA) is 95.9 Å². The zero-order chi connectivity index (χ0) is 43.8. The summed E-state index contributed by atoms with van der Waals surface area (Å²) >= 11 is 0. The molecule has 0 aromatic carbocycles. The Morgan fingerprint density at radius 1 is 0.483 bits per heavy atom. The quantitative estimate of drug-likeness (QED) is 0.0322. The maximum atomic E-state index is 13.2. The Kier molecular flexibility index (Phi) is 46.1. The molecule has 3 unspecified atom stereocenters. The number of hydrogen-bond donors (Lipinski definition) is 3. The van der Waals surface area contributed by atoms with Crippen molar-refractivity contribution in [2.45, 2.75) is 277 Å². The van der Waals surface area contributed by atoms with Gasteiger partial charge in [-0.05, 0) is 70.6 Å². The SMILES string of the molecule is CCCCC/C=C\C/C=C\C/C=C\C/C=C\CCCCCC(=O)OC(CCCCCCCCCCCC)CC(=O)NC(CO)C(O)CCCCCCCCCCCCCC. The summed E-state index contributed by atoms with van der Waals surface area (Å²) in [5.74, 6) is -0.505. The lowest BCUT2D eigenvalue weighted by atomic mass is 10.0. The second kappa shape index (κ2) is 47.9. The average molecular weight is 842 g/mol. The number of rotatable bonds is 46. The highest BCUT2D eigenvalue weighted by Gasteiger charge is 2.24. The lowest BCUT2D eigenvalue weighted by Crippen LogP contribution is -2.46. The molecule has 6 heteroatoms. The first-order valence-corrected chi connectivity index (χ1v) is 25.9. The van der Waals surface area contributed by atoms with Crippen LogP contribution < -0.4 is 5.32 Å². The van der Waals surface area contributed by atoms with Crippen LogP contribution in [0.1, 0.15) is 258 Å². The molecule has 0 saturated heterocycles. The van der Waals surface area contributed by atoms with Gasteiger partial charge in [-0.1, -0.05) is 223 Å². The highest BCUT2D eigenvalue weighted by atomic mass is 16.5. The highest BCUT2D eigenvalue weighted by Crippen LogP contribution is 2.18. The number of unbranched alkanes of at least 4 members (excludes halogenated alkanes) is 26. The van der Waals surface area contributed by atoms with Gasteiger partial charge in [-0.15, -0.1) is 0 Å². The maximum Gasteiger partial charge on any atom is 0.306 e. The van der Waals surface area contributed by atoms with Crippen molar-refractivity contribution < 1.29 is 24.5 Å². The van der Waals surface area contributed by atoms with Crippen molar-refractivity contribution in [3.05, 3.63) is 48.6 Å². The first kappa shape index (κ1) is 57.8. The van der Waals surface area contributed by atoms with Gasteiger partial charge in [0, 0.05) is 6.42 Å². The van der Waals surface area contributed by atoms with Crippen molar-refractivity contribution in [3.8, 4) is 0 Å². The van der Waals surface area contributed by atoms with E-state index < -0.39 is 18.2 Å². The summed E-state index contributed by atoms with van der Waals surface area (Å²) in [6.45, 7) is 6.44. The molecule has 0 saturated carbocycles. The van der Waals surface area contributed by atoms with Crippen molar-refractivity contribution in [1.82, 2.24) is 5.32 Å². The van der Waals surface area contributed by atoms with Crippen molar-refractivity contribution >= 4 is 11.9 Å². The molecule has 0 heterocycles. The number of nitrogens with one attached hydrogen (secondary N) is 1. The fraction of sp³-hybridized carbons (Fsp3) is 0.815. The van der Waals surface area contributed by atoms with Crippen molar-refractivity contribution in [3.63, 3.8) is 0 Å². The summed E-state index contributed by atoms with van der Waals surface area (Å²) in [6, 6.07) is -0.705. The highest BCUT2D eigenvalue weighted by molar-refractivity contribution is 5.77. The Labute approximate surface area is 372 Å². The number of carbonyl (C=O) groups excluding carboxylic acids is 2. The second-order valence-corrected chi connectivity index (χ2v) is 17.6. The molecule has 0 aliphatic heterocycles. The number of amides is 1. The first-order chi connectivity index (χ1) is 29.5. The van der Waals surface area contributed by atoms with E-state index in [1.807, 2.05) is 0 Å². The van der Waals surface area contributed by atoms with Gasteiger partial charge >= 0.3 is 5.97 Å².